The lowest BCUT2D eigenvalue weighted by Gasteiger charge is -2.23. The summed E-state index contributed by atoms with van der Waals surface area (Å²) in [5, 5.41) is 2.85. The van der Waals surface area contributed by atoms with E-state index in [9.17, 15) is 13.2 Å². The normalized spacial score (nSPS) is 11.1. The number of sulfonamides is 1. The lowest BCUT2D eigenvalue weighted by Crippen LogP contribution is -2.30. The highest BCUT2D eigenvalue weighted by molar-refractivity contribution is 7.92. The first-order valence-corrected chi connectivity index (χ1v) is 10.4. The van der Waals surface area contributed by atoms with Gasteiger partial charge in [0.15, 0.2) is 11.5 Å². The molecule has 152 valence electrons. The van der Waals surface area contributed by atoms with Crippen molar-refractivity contribution in [3.05, 3.63) is 47.0 Å². The zero-order valence-corrected chi connectivity index (χ0v) is 17.8. The predicted molar refractivity (Wildman–Crippen MR) is 111 cm³/mol. The second-order valence-corrected chi connectivity index (χ2v) is 8.65. The molecule has 0 saturated carbocycles. The Kier molecular flexibility index (Phi) is 6.56. The van der Waals surface area contributed by atoms with E-state index in [1.54, 1.807) is 6.92 Å². The number of nitrogens with one attached hydrogen (secondary N) is 1. The number of carbonyl (C=O) groups is 1. The van der Waals surface area contributed by atoms with Crippen LogP contribution >= 0.6 is 0 Å². The van der Waals surface area contributed by atoms with Crippen molar-refractivity contribution in [2.75, 3.05) is 36.6 Å². The number of carbonyl (C=O) groups excluding carboxylic acids is 1. The van der Waals surface area contributed by atoms with E-state index in [0.717, 1.165) is 15.4 Å². The van der Waals surface area contributed by atoms with Crippen molar-refractivity contribution in [2.24, 2.45) is 0 Å². The number of aryl methyl sites for hydroxylation is 2. The van der Waals surface area contributed by atoms with Gasteiger partial charge in [0, 0.05) is 18.8 Å². The lowest BCUT2D eigenvalue weighted by atomic mass is 10.1. The molecule has 28 heavy (non-hydrogen) atoms. The Morgan fingerprint density at radius 3 is 2.21 bits per heavy atom. The zero-order chi connectivity index (χ0) is 21.1. The SMILES string of the molecule is CCS(=O)(=O)N(C)c1cc(OC)c(OC)cc1C(=O)Nc1ccc(C)cc1C. The summed E-state index contributed by atoms with van der Waals surface area (Å²) in [7, 11) is 0.733. The number of hydrogen-bond donors (Lipinski definition) is 1. The highest BCUT2D eigenvalue weighted by Crippen LogP contribution is 2.36. The van der Waals surface area contributed by atoms with Crippen LogP contribution < -0.4 is 19.1 Å². The number of ether oxygens (including phenoxy) is 2. The molecule has 2 aromatic rings. The van der Waals surface area contributed by atoms with Crippen LogP contribution in [0.2, 0.25) is 0 Å². The van der Waals surface area contributed by atoms with Crippen LogP contribution in [0.1, 0.15) is 28.4 Å². The topological polar surface area (TPSA) is 84.9 Å². The molecule has 0 aromatic heterocycles. The summed E-state index contributed by atoms with van der Waals surface area (Å²) in [5.74, 6) is 0.120. The molecule has 2 aromatic carbocycles. The van der Waals surface area contributed by atoms with Crippen LogP contribution in [0, 0.1) is 13.8 Å². The Hall–Kier alpha value is -2.74. The molecule has 1 amide bonds. The Morgan fingerprint density at radius 1 is 1.07 bits per heavy atom. The fourth-order valence-electron chi connectivity index (χ4n) is 2.80. The molecule has 0 aliphatic carbocycles. The molecular weight excluding hydrogens is 380 g/mol. The average Bonchev–Trinajstić information content (AvgIpc) is 2.68. The van der Waals surface area contributed by atoms with E-state index in [1.165, 1.54) is 33.4 Å². The van der Waals surface area contributed by atoms with Crippen LogP contribution in [0.15, 0.2) is 30.3 Å². The van der Waals surface area contributed by atoms with Crippen LogP contribution in [0.25, 0.3) is 0 Å². The van der Waals surface area contributed by atoms with Crippen molar-refractivity contribution < 1.29 is 22.7 Å². The third-order valence-electron chi connectivity index (χ3n) is 4.50. The average molecular weight is 407 g/mol. The van der Waals surface area contributed by atoms with Crippen LogP contribution in [0.3, 0.4) is 0 Å². The van der Waals surface area contributed by atoms with Gasteiger partial charge < -0.3 is 14.8 Å². The van der Waals surface area contributed by atoms with Gasteiger partial charge in [-0.3, -0.25) is 9.10 Å². The summed E-state index contributed by atoms with van der Waals surface area (Å²) >= 11 is 0. The van der Waals surface area contributed by atoms with E-state index in [0.29, 0.717) is 17.2 Å². The monoisotopic (exact) mass is 406 g/mol. The summed E-state index contributed by atoms with van der Waals surface area (Å²) < 4.78 is 36.5. The second kappa shape index (κ2) is 8.52. The van der Waals surface area contributed by atoms with E-state index in [1.807, 2.05) is 32.0 Å². The van der Waals surface area contributed by atoms with E-state index >= 15 is 0 Å². The van der Waals surface area contributed by atoms with Crippen LogP contribution in [0.5, 0.6) is 11.5 Å². The minimum atomic E-state index is -3.58. The molecule has 0 aliphatic heterocycles. The van der Waals surface area contributed by atoms with Crippen molar-refractivity contribution in [1.29, 1.82) is 0 Å². The van der Waals surface area contributed by atoms with E-state index < -0.39 is 15.9 Å². The molecule has 0 heterocycles. The van der Waals surface area contributed by atoms with E-state index in [-0.39, 0.29) is 17.0 Å². The molecular formula is C20H26N2O5S. The number of nitrogens with zero attached hydrogens (tertiary/aromatic N) is 1. The highest BCUT2D eigenvalue weighted by atomic mass is 32.2. The smallest absolute Gasteiger partial charge is 0.257 e. The van der Waals surface area contributed by atoms with Crippen LogP contribution in [0.4, 0.5) is 11.4 Å². The summed E-state index contributed by atoms with van der Waals surface area (Å²) in [5.41, 5.74) is 3.01. The van der Waals surface area contributed by atoms with Crippen LogP contribution in [-0.2, 0) is 10.0 Å². The molecule has 2 rings (SSSR count). The number of hydrogen-bond acceptors (Lipinski definition) is 5. The summed E-state index contributed by atoms with van der Waals surface area (Å²) in [6.07, 6.45) is 0. The molecule has 1 N–H and O–H groups in total. The molecule has 0 spiro atoms. The number of methoxy groups -OCH3 is 2. The minimum Gasteiger partial charge on any atom is -0.493 e. The van der Waals surface area contributed by atoms with Gasteiger partial charge in [0.05, 0.1) is 31.2 Å². The van der Waals surface area contributed by atoms with Gasteiger partial charge in [0.25, 0.3) is 5.91 Å². The first-order valence-electron chi connectivity index (χ1n) is 8.75. The molecule has 0 bridgehead atoms. The van der Waals surface area contributed by atoms with Gasteiger partial charge in [-0.25, -0.2) is 8.42 Å². The van der Waals surface area contributed by atoms with Gasteiger partial charge in [-0.2, -0.15) is 0 Å². The molecule has 0 atom stereocenters. The molecule has 0 radical (unpaired) electrons. The summed E-state index contributed by atoms with van der Waals surface area (Å²) in [4.78, 5) is 13.0. The third-order valence-corrected chi connectivity index (χ3v) is 6.26. The molecule has 0 saturated heterocycles. The Labute approximate surface area is 166 Å². The Morgan fingerprint density at radius 2 is 1.68 bits per heavy atom. The van der Waals surface area contributed by atoms with E-state index in [2.05, 4.69) is 5.32 Å². The summed E-state index contributed by atoms with van der Waals surface area (Å²) in [6, 6.07) is 8.64. The zero-order valence-electron chi connectivity index (χ0n) is 17.0. The number of anilines is 2. The highest BCUT2D eigenvalue weighted by Gasteiger charge is 2.25. The maximum Gasteiger partial charge on any atom is 0.257 e. The second-order valence-electron chi connectivity index (χ2n) is 6.36. The summed E-state index contributed by atoms with van der Waals surface area (Å²) in [6.45, 7) is 5.41. The molecule has 0 fully saturated rings. The maximum atomic E-state index is 13.0. The van der Waals surface area contributed by atoms with Crippen molar-refractivity contribution in [1.82, 2.24) is 0 Å². The lowest BCUT2D eigenvalue weighted by molar-refractivity contribution is 0.102. The maximum absolute atomic E-state index is 13.0. The number of rotatable bonds is 7. The third kappa shape index (κ3) is 4.39. The van der Waals surface area contributed by atoms with Crippen molar-refractivity contribution in [3.8, 4) is 11.5 Å². The molecule has 0 unspecified atom stereocenters. The standard InChI is InChI=1S/C20H26N2O5S/c1-7-28(24,25)22(4)17-12-19(27-6)18(26-5)11-15(17)20(23)21-16-9-8-13(2)10-14(16)3/h8-12H,7H2,1-6H3,(H,21,23). The van der Waals surface area contributed by atoms with E-state index in [4.69, 9.17) is 9.47 Å². The van der Waals surface area contributed by atoms with Crippen molar-refractivity contribution in [3.63, 3.8) is 0 Å². The van der Waals surface area contributed by atoms with Gasteiger partial charge >= 0.3 is 0 Å². The van der Waals surface area contributed by atoms with Gasteiger partial charge in [-0.1, -0.05) is 17.7 Å². The van der Waals surface area contributed by atoms with Crippen molar-refractivity contribution >= 4 is 27.3 Å². The number of amides is 1. The van der Waals surface area contributed by atoms with Gasteiger partial charge in [-0.15, -0.1) is 0 Å². The Balaban J connectivity index is 2.58. The quantitative estimate of drug-likeness (QED) is 0.762. The van der Waals surface area contributed by atoms with Crippen LogP contribution in [-0.4, -0.2) is 41.3 Å². The molecule has 7 nitrogen and oxygen atoms in total. The molecule has 0 aliphatic rings. The largest absolute Gasteiger partial charge is 0.493 e. The first-order chi connectivity index (χ1) is 13.1. The first kappa shape index (κ1) is 21.6. The molecule has 8 heteroatoms. The fourth-order valence-corrected chi connectivity index (χ4v) is 3.64. The fraction of sp³-hybridized carbons (Fsp3) is 0.350. The van der Waals surface area contributed by atoms with Gasteiger partial charge in [-0.05, 0) is 38.5 Å². The van der Waals surface area contributed by atoms with Gasteiger partial charge in [0.1, 0.15) is 0 Å². The van der Waals surface area contributed by atoms with Gasteiger partial charge in [0.2, 0.25) is 10.0 Å². The number of benzene rings is 2. The minimum absolute atomic E-state index is 0.101. The Bertz CT molecular complexity index is 986. The predicted octanol–water partition coefficient (Wildman–Crippen LogP) is 3.36. The van der Waals surface area contributed by atoms with Crippen molar-refractivity contribution in [2.45, 2.75) is 20.8 Å².